The maximum Gasteiger partial charge on any atom is 0.242 e. The first kappa shape index (κ1) is 10.1. The van der Waals surface area contributed by atoms with Crippen molar-refractivity contribution >= 4 is 23.2 Å². The normalized spacial score (nSPS) is 12.2. The Bertz CT molecular complexity index is 274. The fourth-order valence-electron chi connectivity index (χ4n) is 0.927. The molecule has 1 N–H and O–H groups in total. The fourth-order valence-corrected chi connectivity index (χ4v) is 0.982. The maximum absolute atomic E-state index is 11.3. The van der Waals surface area contributed by atoms with Crippen molar-refractivity contribution in [2.24, 2.45) is 0 Å². The van der Waals surface area contributed by atoms with Gasteiger partial charge in [0, 0.05) is 5.69 Å². The van der Waals surface area contributed by atoms with Gasteiger partial charge in [0.2, 0.25) is 5.91 Å². The van der Waals surface area contributed by atoms with Crippen LogP contribution in [0.25, 0.3) is 0 Å². The van der Waals surface area contributed by atoms with Crippen LogP contribution in [0.15, 0.2) is 30.3 Å². The summed E-state index contributed by atoms with van der Waals surface area (Å²) < 4.78 is 0. The second-order valence-electron chi connectivity index (χ2n) is 2.73. The summed E-state index contributed by atoms with van der Waals surface area (Å²) in [6.45, 7) is 1.88. The van der Waals surface area contributed by atoms with E-state index in [0.717, 1.165) is 5.69 Å². The lowest BCUT2D eigenvalue weighted by atomic mass is 10.3. The van der Waals surface area contributed by atoms with E-state index >= 15 is 0 Å². The lowest BCUT2D eigenvalue weighted by molar-refractivity contribution is -0.115. The molecule has 2 nitrogen and oxygen atoms in total. The van der Waals surface area contributed by atoms with Gasteiger partial charge in [-0.25, -0.2) is 0 Å². The van der Waals surface area contributed by atoms with Crippen LogP contribution in [0, 0.1) is 0 Å². The summed E-state index contributed by atoms with van der Waals surface area (Å²) in [7, 11) is 0. The first-order chi connectivity index (χ1) is 6.24. The topological polar surface area (TPSA) is 29.1 Å². The zero-order chi connectivity index (χ0) is 9.68. The van der Waals surface area contributed by atoms with Crippen LogP contribution in [-0.4, -0.2) is 11.3 Å². The van der Waals surface area contributed by atoms with Crippen LogP contribution in [0.4, 0.5) is 5.69 Å². The summed E-state index contributed by atoms with van der Waals surface area (Å²) in [5.74, 6) is -0.143. The SMILES string of the molecule is CCC(Cl)C(=O)Nc1ccccc1. The van der Waals surface area contributed by atoms with E-state index in [-0.39, 0.29) is 5.91 Å². The number of amides is 1. The van der Waals surface area contributed by atoms with E-state index in [1.54, 1.807) is 0 Å². The average molecular weight is 198 g/mol. The molecule has 70 valence electrons. The smallest absolute Gasteiger partial charge is 0.242 e. The number of anilines is 1. The summed E-state index contributed by atoms with van der Waals surface area (Å²) in [6.07, 6.45) is 0.639. The highest BCUT2D eigenvalue weighted by Crippen LogP contribution is 2.08. The Morgan fingerprint density at radius 3 is 2.62 bits per heavy atom. The second kappa shape index (κ2) is 4.87. The standard InChI is InChI=1S/C10H12ClNO/c1-2-9(11)10(13)12-8-6-4-3-5-7-8/h3-7,9H,2H2,1H3,(H,12,13). The van der Waals surface area contributed by atoms with Crippen LogP contribution in [-0.2, 0) is 4.79 Å². The third-order valence-electron chi connectivity index (χ3n) is 1.68. The molecule has 1 aromatic rings. The largest absolute Gasteiger partial charge is 0.325 e. The van der Waals surface area contributed by atoms with Gasteiger partial charge in [0.05, 0.1) is 0 Å². The van der Waals surface area contributed by atoms with Crippen molar-refractivity contribution < 1.29 is 4.79 Å². The molecule has 0 saturated carbocycles. The first-order valence-corrected chi connectivity index (χ1v) is 4.67. The lowest BCUT2D eigenvalue weighted by Crippen LogP contribution is -2.22. The number of hydrogen-bond donors (Lipinski definition) is 1. The van der Waals surface area contributed by atoms with Gasteiger partial charge < -0.3 is 5.32 Å². The fraction of sp³-hybridized carbons (Fsp3) is 0.300. The summed E-state index contributed by atoms with van der Waals surface area (Å²) in [5, 5.41) is 2.28. The van der Waals surface area contributed by atoms with E-state index in [9.17, 15) is 4.79 Å². The zero-order valence-corrected chi connectivity index (χ0v) is 8.21. The third-order valence-corrected chi connectivity index (χ3v) is 2.19. The molecular weight excluding hydrogens is 186 g/mol. The number of halogens is 1. The number of hydrogen-bond acceptors (Lipinski definition) is 1. The highest BCUT2D eigenvalue weighted by atomic mass is 35.5. The molecule has 0 saturated heterocycles. The van der Waals surface area contributed by atoms with Crippen molar-refractivity contribution in [1.82, 2.24) is 0 Å². The predicted molar refractivity (Wildman–Crippen MR) is 55.0 cm³/mol. The molecule has 0 heterocycles. The average Bonchev–Trinajstić information content (AvgIpc) is 2.18. The Kier molecular flexibility index (Phi) is 3.77. The van der Waals surface area contributed by atoms with Crippen molar-refractivity contribution in [3.63, 3.8) is 0 Å². The van der Waals surface area contributed by atoms with Crippen LogP contribution < -0.4 is 5.32 Å². The van der Waals surface area contributed by atoms with Crippen molar-refractivity contribution in [2.75, 3.05) is 5.32 Å². The monoisotopic (exact) mass is 197 g/mol. The van der Waals surface area contributed by atoms with Gasteiger partial charge in [0.1, 0.15) is 5.38 Å². The molecule has 1 unspecified atom stereocenters. The van der Waals surface area contributed by atoms with Crippen molar-refractivity contribution in [1.29, 1.82) is 0 Å². The van der Waals surface area contributed by atoms with E-state index in [4.69, 9.17) is 11.6 Å². The third kappa shape index (κ3) is 3.07. The quantitative estimate of drug-likeness (QED) is 0.742. The van der Waals surface area contributed by atoms with Crippen LogP contribution in [0.1, 0.15) is 13.3 Å². The minimum absolute atomic E-state index is 0.143. The van der Waals surface area contributed by atoms with Crippen LogP contribution in [0.5, 0.6) is 0 Å². The molecule has 0 spiro atoms. The van der Waals surface area contributed by atoms with Crippen LogP contribution >= 0.6 is 11.6 Å². The molecule has 0 aliphatic heterocycles. The van der Waals surface area contributed by atoms with E-state index in [0.29, 0.717) is 6.42 Å². The van der Waals surface area contributed by atoms with E-state index in [1.807, 2.05) is 37.3 Å². The minimum atomic E-state index is -0.444. The van der Waals surface area contributed by atoms with Gasteiger partial charge in [-0.3, -0.25) is 4.79 Å². The van der Waals surface area contributed by atoms with E-state index in [1.165, 1.54) is 0 Å². The molecular formula is C10H12ClNO. The summed E-state index contributed by atoms with van der Waals surface area (Å²) in [6, 6.07) is 9.29. The first-order valence-electron chi connectivity index (χ1n) is 4.24. The Labute approximate surface area is 82.9 Å². The number of nitrogens with one attached hydrogen (secondary N) is 1. The number of benzene rings is 1. The molecule has 1 rings (SSSR count). The van der Waals surface area contributed by atoms with Crippen molar-refractivity contribution in [3.8, 4) is 0 Å². The van der Waals surface area contributed by atoms with E-state index in [2.05, 4.69) is 5.32 Å². The summed E-state index contributed by atoms with van der Waals surface area (Å²) >= 11 is 5.75. The summed E-state index contributed by atoms with van der Waals surface area (Å²) in [5.41, 5.74) is 0.784. The number of carbonyl (C=O) groups is 1. The van der Waals surface area contributed by atoms with Gasteiger partial charge in [-0.1, -0.05) is 25.1 Å². The predicted octanol–water partition coefficient (Wildman–Crippen LogP) is 2.64. The lowest BCUT2D eigenvalue weighted by Gasteiger charge is -2.07. The Morgan fingerprint density at radius 2 is 2.08 bits per heavy atom. The van der Waals surface area contributed by atoms with Gasteiger partial charge in [-0.05, 0) is 18.6 Å². The molecule has 0 bridgehead atoms. The maximum atomic E-state index is 11.3. The molecule has 0 aliphatic carbocycles. The zero-order valence-electron chi connectivity index (χ0n) is 7.46. The minimum Gasteiger partial charge on any atom is -0.325 e. The molecule has 0 aliphatic rings. The Balaban J connectivity index is 2.55. The number of para-hydroxylation sites is 1. The van der Waals surface area contributed by atoms with Crippen molar-refractivity contribution in [2.45, 2.75) is 18.7 Å². The Hall–Kier alpha value is -1.02. The van der Waals surface area contributed by atoms with Gasteiger partial charge in [0.15, 0.2) is 0 Å². The van der Waals surface area contributed by atoms with E-state index < -0.39 is 5.38 Å². The van der Waals surface area contributed by atoms with Crippen LogP contribution in [0.2, 0.25) is 0 Å². The summed E-state index contributed by atoms with van der Waals surface area (Å²) in [4.78, 5) is 11.3. The number of rotatable bonds is 3. The number of alkyl halides is 1. The van der Waals surface area contributed by atoms with Gasteiger partial charge >= 0.3 is 0 Å². The molecule has 1 amide bonds. The molecule has 1 aromatic carbocycles. The highest BCUT2D eigenvalue weighted by molar-refractivity contribution is 6.32. The van der Waals surface area contributed by atoms with Crippen molar-refractivity contribution in [3.05, 3.63) is 30.3 Å². The number of carbonyl (C=O) groups excluding carboxylic acids is 1. The van der Waals surface area contributed by atoms with Gasteiger partial charge in [0.25, 0.3) is 0 Å². The molecule has 13 heavy (non-hydrogen) atoms. The van der Waals surface area contributed by atoms with Gasteiger partial charge in [-0.15, -0.1) is 11.6 Å². The molecule has 1 atom stereocenters. The highest BCUT2D eigenvalue weighted by Gasteiger charge is 2.11. The van der Waals surface area contributed by atoms with Crippen LogP contribution in [0.3, 0.4) is 0 Å². The molecule has 0 fully saturated rings. The molecule has 0 radical (unpaired) electrons. The second-order valence-corrected chi connectivity index (χ2v) is 3.26. The van der Waals surface area contributed by atoms with Gasteiger partial charge in [-0.2, -0.15) is 0 Å². The Morgan fingerprint density at radius 1 is 1.46 bits per heavy atom. The molecule has 0 aromatic heterocycles. The molecule has 3 heteroatoms.